The summed E-state index contributed by atoms with van der Waals surface area (Å²) < 4.78 is 5.38. The van der Waals surface area contributed by atoms with Crippen LogP contribution in [0, 0.1) is 17.3 Å². The molecule has 1 heterocycles. The summed E-state index contributed by atoms with van der Waals surface area (Å²) in [4.78, 5) is 16.6. The molecule has 1 aromatic carbocycles. The number of carbonyl (C=O) groups excluding carboxylic acids is 1. The summed E-state index contributed by atoms with van der Waals surface area (Å²) >= 11 is 0. The molecule has 5 nitrogen and oxygen atoms in total. The van der Waals surface area contributed by atoms with Crippen molar-refractivity contribution < 1.29 is 9.32 Å². The Balaban J connectivity index is 1.51. The minimum absolute atomic E-state index is 0.0385. The number of carbonyl (C=O) groups is 1. The van der Waals surface area contributed by atoms with Crippen molar-refractivity contribution in [3.8, 4) is 11.5 Å². The zero-order chi connectivity index (χ0) is 20.9. The van der Waals surface area contributed by atoms with Gasteiger partial charge in [-0.3, -0.25) is 4.79 Å². The van der Waals surface area contributed by atoms with Gasteiger partial charge in [-0.2, -0.15) is 4.98 Å². The van der Waals surface area contributed by atoms with E-state index in [1.54, 1.807) is 6.08 Å². The lowest BCUT2D eigenvalue weighted by molar-refractivity contribution is -0.116. The van der Waals surface area contributed by atoms with Crippen LogP contribution in [0.5, 0.6) is 0 Å². The molecular weight excluding hydrogens is 362 g/mol. The Morgan fingerprint density at radius 1 is 1.31 bits per heavy atom. The van der Waals surface area contributed by atoms with Gasteiger partial charge in [0, 0.05) is 24.6 Å². The SMILES string of the molecule is CC(C)CCc1noc(-c2ccc(C=CC(=O)NCC3CCCC3(C)C)cc2)n1. The van der Waals surface area contributed by atoms with E-state index < -0.39 is 0 Å². The first-order valence-electron chi connectivity index (χ1n) is 10.7. The average Bonchev–Trinajstić information content (AvgIpc) is 3.29. The molecule has 1 fully saturated rings. The molecule has 156 valence electrons. The van der Waals surface area contributed by atoms with Crippen LogP contribution in [0.1, 0.15) is 64.8 Å². The van der Waals surface area contributed by atoms with Gasteiger partial charge >= 0.3 is 0 Å². The molecule has 29 heavy (non-hydrogen) atoms. The van der Waals surface area contributed by atoms with Crippen molar-refractivity contribution in [2.24, 2.45) is 17.3 Å². The molecule has 0 radical (unpaired) electrons. The van der Waals surface area contributed by atoms with Crippen molar-refractivity contribution in [1.29, 1.82) is 0 Å². The number of aromatic nitrogens is 2. The van der Waals surface area contributed by atoms with Gasteiger partial charge in [-0.05, 0) is 60.3 Å². The lowest BCUT2D eigenvalue weighted by atomic mass is 9.82. The third-order valence-electron chi connectivity index (χ3n) is 6.00. The van der Waals surface area contributed by atoms with Crippen LogP contribution < -0.4 is 5.32 Å². The Morgan fingerprint density at radius 2 is 2.07 bits per heavy atom. The minimum Gasteiger partial charge on any atom is -0.352 e. The first-order chi connectivity index (χ1) is 13.8. The van der Waals surface area contributed by atoms with E-state index in [0.717, 1.165) is 36.3 Å². The standard InChI is InChI=1S/C24H33N3O2/c1-17(2)7-13-21-26-23(29-27-21)19-11-8-18(9-12-19)10-14-22(28)25-16-20-6-5-15-24(20,3)4/h8-12,14,17,20H,5-7,13,15-16H2,1-4H3,(H,25,28). The van der Waals surface area contributed by atoms with Crippen molar-refractivity contribution in [1.82, 2.24) is 15.5 Å². The van der Waals surface area contributed by atoms with Gasteiger partial charge in [-0.1, -0.05) is 51.4 Å². The zero-order valence-electron chi connectivity index (χ0n) is 18.1. The second kappa shape index (κ2) is 9.38. The van der Waals surface area contributed by atoms with Crippen LogP contribution in [0.25, 0.3) is 17.5 Å². The maximum atomic E-state index is 12.2. The molecule has 1 N–H and O–H groups in total. The lowest BCUT2D eigenvalue weighted by Crippen LogP contribution is -2.32. The number of benzene rings is 1. The summed E-state index contributed by atoms with van der Waals surface area (Å²) in [5, 5.41) is 7.11. The topological polar surface area (TPSA) is 68.0 Å². The molecule has 0 bridgehead atoms. The molecule has 1 amide bonds. The fourth-order valence-corrected chi connectivity index (χ4v) is 3.86. The van der Waals surface area contributed by atoms with Crippen LogP contribution in [-0.2, 0) is 11.2 Å². The molecule has 1 unspecified atom stereocenters. The van der Waals surface area contributed by atoms with Gasteiger partial charge in [0.05, 0.1) is 0 Å². The summed E-state index contributed by atoms with van der Waals surface area (Å²) in [5.74, 6) is 2.43. The van der Waals surface area contributed by atoms with E-state index in [0.29, 0.717) is 23.1 Å². The van der Waals surface area contributed by atoms with E-state index >= 15 is 0 Å². The molecule has 1 saturated carbocycles. The highest BCUT2D eigenvalue weighted by Gasteiger charge is 2.34. The van der Waals surface area contributed by atoms with Crippen molar-refractivity contribution in [3.05, 3.63) is 41.7 Å². The molecule has 1 atom stereocenters. The Kier molecular flexibility index (Phi) is 6.88. The second-order valence-electron chi connectivity index (χ2n) is 9.23. The van der Waals surface area contributed by atoms with E-state index in [4.69, 9.17) is 4.52 Å². The summed E-state index contributed by atoms with van der Waals surface area (Å²) in [7, 11) is 0. The summed E-state index contributed by atoms with van der Waals surface area (Å²) in [5.41, 5.74) is 2.18. The van der Waals surface area contributed by atoms with Gasteiger partial charge in [0.1, 0.15) is 0 Å². The fraction of sp³-hybridized carbons (Fsp3) is 0.542. The number of hydrogen-bond acceptors (Lipinski definition) is 4. The molecule has 3 rings (SSSR count). The van der Waals surface area contributed by atoms with Crippen molar-refractivity contribution in [3.63, 3.8) is 0 Å². The number of rotatable bonds is 8. The first kappa shape index (κ1) is 21.3. The van der Waals surface area contributed by atoms with Crippen LogP contribution >= 0.6 is 0 Å². The fourth-order valence-electron chi connectivity index (χ4n) is 3.86. The van der Waals surface area contributed by atoms with Crippen LogP contribution in [-0.4, -0.2) is 22.6 Å². The highest BCUT2D eigenvalue weighted by Crippen LogP contribution is 2.41. The lowest BCUT2D eigenvalue weighted by Gasteiger charge is -2.26. The molecule has 1 aromatic heterocycles. The number of hydrogen-bond donors (Lipinski definition) is 1. The normalized spacial score (nSPS) is 18.6. The predicted molar refractivity (Wildman–Crippen MR) is 116 cm³/mol. The number of nitrogens with one attached hydrogen (secondary N) is 1. The number of amides is 1. The maximum Gasteiger partial charge on any atom is 0.257 e. The van der Waals surface area contributed by atoms with Crippen molar-refractivity contribution in [2.45, 2.75) is 59.8 Å². The molecule has 0 spiro atoms. The first-order valence-corrected chi connectivity index (χ1v) is 10.7. The smallest absolute Gasteiger partial charge is 0.257 e. The molecular formula is C24H33N3O2. The predicted octanol–water partition coefficient (Wildman–Crippen LogP) is 5.28. The van der Waals surface area contributed by atoms with Gasteiger partial charge in [-0.15, -0.1) is 0 Å². The van der Waals surface area contributed by atoms with Crippen molar-refractivity contribution in [2.75, 3.05) is 6.54 Å². The van der Waals surface area contributed by atoms with E-state index in [1.807, 2.05) is 30.3 Å². The summed E-state index contributed by atoms with van der Waals surface area (Å²) in [6.45, 7) is 9.72. The van der Waals surface area contributed by atoms with E-state index in [9.17, 15) is 4.79 Å². The monoisotopic (exact) mass is 395 g/mol. The van der Waals surface area contributed by atoms with Gasteiger partial charge in [0.15, 0.2) is 5.82 Å². The third kappa shape index (κ3) is 6.02. The number of aryl methyl sites for hydroxylation is 1. The minimum atomic E-state index is -0.0385. The number of nitrogens with zero attached hydrogens (tertiary/aromatic N) is 2. The highest BCUT2D eigenvalue weighted by atomic mass is 16.5. The Labute approximate surface area is 174 Å². The molecule has 1 aliphatic carbocycles. The Morgan fingerprint density at radius 3 is 2.72 bits per heavy atom. The van der Waals surface area contributed by atoms with Crippen LogP contribution in [0.15, 0.2) is 34.9 Å². The summed E-state index contributed by atoms with van der Waals surface area (Å²) in [6, 6.07) is 7.80. The Hall–Kier alpha value is -2.43. The van der Waals surface area contributed by atoms with Crippen LogP contribution in [0.3, 0.4) is 0 Å². The molecule has 0 aliphatic heterocycles. The van der Waals surface area contributed by atoms with E-state index in [2.05, 4.69) is 43.2 Å². The second-order valence-corrected chi connectivity index (χ2v) is 9.23. The highest BCUT2D eigenvalue weighted by molar-refractivity contribution is 5.91. The van der Waals surface area contributed by atoms with E-state index in [-0.39, 0.29) is 5.91 Å². The molecule has 2 aromatic rings. The van der Waals surface area contributed by atoms with Gasteiger partial charge in [-0.25, -0.2) is 0 Å². The van der Waals surface area contributed by atoms with Gasteiger partial charge in [0.2, 0.25) is 5.91 Å². The van der Waals surface area contributed by atoms with Crippen molar-refractivity contribution >= 4 is 12.0 Å². The van der Waals surface area contributed by atoms with Gasteiger partial charge in [0.25, 0.3) is 5.89 Å². The third-order valence-corrected chi connectivity index (χ3v) is 6.00. The summed E-state index contributed by atoms with van der Waals surface area (Å²) in [6.07, 6.45) is 9.02. The van der Waals surface area contributed by atoms with E-state index in [1.165, 1.54) is 19.3 Å². The molecule has 0 saturated heterocycles. The van der Waals surface area contributed by atoms with Gasteiger partial charge < -0.3 is 9.84 Å². The quantitative estimate of drug-likeness (QED) is 0.617. The van der Waals surface area contributed by atoms with Crippen LogP contribution in [0.4, 0.5) is 0 Å². The maximum absolute atomic E-state index is 12.2. The Bertz CT molecular complexity index is 834. The molecule has 5 heteroatoms. The molecule has 1 aliphatic rings. The average molecular weight is 396 g/mol. The zero-order valence-corrected chi connectivity index (χ0v) is 18.1. The largest absolute Gasteiger partial charge is 0.352 e. The van der Waals surface area contributed by atoms with Crippen LogP contribution in [0.2, 0.25) is 0 Å².